The van der Waals surface area contributed by atoms with E-state index in [0.717, 1.165) is 43.0 Å². The number of hydrogen-bond donors (Lipinski definition) is 1. The molecule has 0 bridgehead atoms. The minimum atomic E-state index is -2.94. The van der Waals surface area contributed by atoms with Gasteiger partial charge in [0.2, 0.25) is 0 Å². The summed E-state index contributed by atoms with van der Waals surface area (Å²) in [5.41, 5.74) is 1.67. The van der Waals surface area contributed by atoms with Crippen molar-refractivity contribution in [1.82, 2.24) is 14.8 Å². The molecule has 8 heteroatoms. The largest absolute Gasteiger partial charge is 0.435 e. The number of hydrogen-bond acceptors (Lipinski definition) is 4. The Morgan fingerprint density at radius 1 is 1.07 bits per heavy atom. The quantitative estimate of drug-likeness (QED) is 0.686. The zero-order valence-corrected chi connectivity index (χ0v) is 15.6. The van der Waals surface area contributed by atoms with E-state index in [1.165, 1.54) is 30.7 Å². The molecule has 1 N–H and O–H groups in total. The van der Waals surface area contributed by atoms with Crippen LogP contribution < -0.4 is 10.1 Å². The molecule has 0 aliphatic carbocycles. The first-order chi connectivity index (χ1) is 14.1. The van der Waals surface area contributed by atoms with Crippen LogP contribution in [0.4, 0.5) is 14.5 Å². The Kier molecular flexibility index (Phi) is 5.50. The van der Waals surface area contributed by atoms with Gasteiger partial charge in [0.25, 0.3) is 5.91 Å². The number of aryl methyl sites for hydroxylation is 1. The summed E-state index contributed by atoms with van der Waals surface area (Å²) in [5, 5.41) is 11.4. The Balaban J connectivity index is 1.54. The molecule has 0 radical (unpaired) electrons. The number of nitrogens with one attached hydrogen (secondary N) is 1. The highest BCUT2D eigenvalue weighted by Crippen LogP contribution is 2.25. The second kappa shape index (κ2) is 8.38. The van der Waals surface area contributed by atoms with Crippen molar-refractivity contribution < 1.29 is 18.3 Å². The number of alkyl halides is 2. The smallest absolute Gasteiger partial charge is 0.387 e. The van der Waals surface area contributed by atoms with Crippen LogP contribution in [0.1, 0.15) is 35.4 Å². The molecule has 150 valence electrons. The average Bonchev–Trinajstić information content (AvgIpc) is 2.96. The van der Waals surface area contributed by atoms with Gasteiger partial charge in [-0.1, -0.05) is 24.6 Å². The summed E-state index contributed by atoms with van der Waals surface area (Å²) >= 11 is 0. The first-order valence-electron chi connectivity index (χ1n) is 9.49. The van der Waals surface area contributed by atoms with Crippen LogP contribution in [0.15, 0.2) is 48.5 Å². The van der Waals surface area contributed by atoms with Crippen LogP contribution in [0, 0.1) is 0 Å². The van der Waals surface area contributed by atoms with Gasteiger partial charge < -0.3 is 14.6 Å². The van der Waals surface area contributed by atoms with Crippen molar-refractivity contribution in [3.8, 4) is 17.1 Å². The van der Waals surface area contributed by atoms with Crippen molar-refractivity contribution >= 4 is 11.6 Å². The standard InChI is InChI=1S/C21H20F2N4O2/c22-21(23)29-17-9-5-7-15(13-17)20(28)24-16-8-4-6-14(12-16)19-26-25-18-10-2-1-3-11-27(18)19/h4-9,12-13,21H,1-3,10-11H2,(H,24,28). The average molecular weight is 398 g/mol. The number of carbonyl (C=O) groups is 1. The third-order valence-corrected chi connectivity index (χ3v) is 4.81. The molecule has 6 nitrogen and oxygen atoms in total. The van der Waals surface area contributed by atoms with Gasteiger partial charge in [0, 0.05) is 29.8 Å². The SMILES string of the molecule is O=C(Nc1cccc(-c2nnc3n2CCCCC3)c1)c1cccc(OC(F)F)c1. The normalized spacial score (nSPS) is 13.6. The molecule has 0 unspecified atom stereocenters. The number of benzene rings is 2. The lowest BCUT2D eigenvalue weighted by molar-refractivity contribution is -0.0498. The summed E-state index contributed by atoms with van der Waals surface area (Å²) in [7, 11) is 0. The third kappa shape index (κ3) is 4.42. The molecule has 1 amide bonds. The van der Waals surface area contributed by atoms with Crippen LogP contribution >= 0.6 is 0 Å². The molecule has 0 saturated heterocycles. The summed E-state index contributed by atoms with van der Waals surface area (Å²) in [6.45, 7) is -2.06. The van der Waals surface area contributed by atoms with Crippen LogP contribution in [0.3, 0.4) is 0 Å². The summed E-state index contributed by atoms with van der Waals surface area (Å²) in [4.78, 5) is 12.5. The van der Waals surface area contributed by atoms with E-state index < -0.39 is 12.5 Å². The number of fused-ring (bicyclic) bond motifs is 1. The minimum absolute atomic E-state index is 0.0625. The number of amides is 1. The predicted octanol–water partition coefficient (Wildman–Crippen LogP) is 4.53. The number of aromatic nitrogens is 3. The highest BCUT2D eigenvalue weighted by atomic mass is 19.3. The second-order valence-corrected chi connectivity index (χ2v) is 6.84. The van der Waals surface area contributed by atoms with Crippen LogP contribution in [0.25, 0.3) is 11.4 Å². The molecule has 2 aromatic carbocycles. The molecular weight excluding hydrogens is 378 g/mol. The number of rotatable bonds is 5. The van der Waals surface area contributed by atoms with E-state index in [-0.39, 0.29) is 11.3 Å². The zero-order valence-electron chi connectivity index (χ0n) is 15.6. The van der Waals surface area contributed by atoms with Crippen molar-refractivity contribution in [3.05, 3.63) is 59.9 Å². The van der Waals surface area contributed by atoms with E-state index in [4.69, 9.17) is 0 Å². The fraction of sp³-hybridized carbons (Fsp3) is 0.286. The van der Waals surface area contributed by atoms with E-state index in [2.05, 4.69) is 24.8 Å². The van der Waals surface area contributed by atoms with Crippen molar-refractivity contribution in [2.45, 2.75) is 38.8 Å². The van der Waals surface area contributed by atoms with E-state index >= 15 is 0 Å². The molecule has 1 aliphatic rings. The molecule has 3 aromatic rings. The Labute approximate surface area is 166 Å². The summed E-state index contributed by atoms with van der Waals surface area (Å²) in [6.07, 6.45) is 4.29. The Hall–Kier alpha value is -3.29. The first kappa shape index (κ1) is 19.0. The van der Waals surface area contributed by atoms with Crippen LogP contribution in [-0.2, 0) is 13.0 Å². The number of anilines is 1. The van der Waals surface area contributed by atoms with Gasteiger partial charge in [0.15, 0.2) is 5.82 Å². The van der Waals surface area contributed by atoms with Crippen LogP contribution in [0.2, 0.25) is 0 Å². The van der Waals surface area contributed by atoms with Gasteiger partial charge in [0.05, 0.1) is 0 Å². The monoisotopic (exact) mass is 398 g/mol. The summed E-state index contributed by atoms with van der Waals surface area (Å²) in [5.74, 6) is 1.29. The lowest BCUT2D eigenvalue weighted by Crippen LogP contribution is -2.12. The van der Waals surface area contributed by atoms with Gasteiger partial charge in [-0.2, -0.15) is 8.78 Å². The minimum Gasteiger partial charge on any atom is -0.435 e. The Morgan fingerprint density at radius 3 is 2.79 bits per heavy atom. The summed E-state index contributed by atoms with van der Waals surface area (Å²) < 4.78 is 31.3. The lowest BCUT2D eigenvalue weighted by Gasteiger charge is -2.10. The summed E-state index contributed by atoms with van der Waals surface area (Å²) in [6, 6.07) is 13.0. The first-order valence-corrected chi connectivity index (χ1v) is 9.49. The molecular formula is C21H20F2N4O2. The number of ether oxygens (including phenoxy) is 1. The molecule has 0 spiro atoms. The van der Waals surface area contributed by atoms with Crippen LogP contribution in [0.5, 0.6) is 5.75 Å². The highest BCUT2D eigenvalue weighted by molar-refractivity contribution is 6.04. The van der Waals surface area contributed by atoms with Gasteiger partial charge in [-0.05, 0) is 43.2 Å². The molecule has 0 atom stereocenters. The molecule has 4 rings (SSSR count). The van der Waals surface area contributed by atoms with E-state index in [9.17, 15) is 13.6 Å². The predicted molar refractivity (Wildman–Crippen MR) is 104 cm³/mol. The van der Waals surface area contributed by atoms with Gasteiger partial charge >= 0.3 is 6.61 Å². The molecule has 1 aromatic heterocycles. The topological polar surface area (TPSA) is 69.0 Å². The highest BCUT2D eigenvalue weighted by Gasteiger charge is 2.17. The van der Waals surface area contributed by atoms with Crippen molar-refractivity contribution in [3.63, 3.8) is 0 Å². The fourth-order valence-electron chi connectivity index (χ4n) is 3.45. The second-order valence-electron chi connectivity index (χ2n) is 6.84. The van der Waals surface area contributed by atoms with Gasteiger partial charge in [-0.15, -0.1) is 10.2 Å². The van der Waals surface area contributed by atoms with Gasteiger partial charge in [-0.25, -0.2) is 0 Å². The number of carbonyl (C=O) groups excluding carboxylic acids is 1. The van der Waals surface area contributed by atoms with Crippen molar-refractivity contribution in [1.29, 1.82) is 0 Å². The Bertz CT molecular complexity index is 1020. The van der Waals surface area contributed by atoms with Gasteiger partial charge in [0.1, 0.15) is 11.6 Å². The maximum atomic E-state index is 12.5. The zero-order chi connectivity index (χ0) is 20.2. The maximum absolute atomic E-state index is 12.5. The van der Waals surface area contributed by atoms with Crippen LogP contribution in [-0.4, -0.2) is 27.3 Å². The number of halogens is 2. The fourth-order valence-corrected chi connectivity index (χ4v) is 3.45. The van der Waals surface area contributed by atoms with E-state index in [1.807, 2.05) is 18.2 Å². The van der Waals surface area contributed by atoms with Crippen molar-refractivity contribution in [2.24, 2.45) is 0 Å². The Morgan fingerprint density at radius 2 is 1.93 bits per heavy atom. The van der Waals surface area contributed by atoms with Crippen molar-refractivity contribution in [2.75, 3.05) is 5.32 Å². The third-order valence-electron chi connectivity index (χ3n) is 4.81. The number of nitrogens with zero attached hydrogens (tertiary/aromatic N) is 3. The molecule has 1 aliphatic heterocycles. The molecule has 0 fully saturated rings. The van der Waals surface area contributed by atoms with E-state index in [1.54, 1.807) is 6.07 Å². The lowest BCUT2D eigenvalue weighted by atomic mass is 10.1. The maximum Gasteiger partial charge on any atom is 0.387 e. The van der Waals surface area contributed by atoms with Gasteiger partial charge in [-0.3, -0.25) is 4.79 Å². The molecule has 2 heterocycles. The molecule has 29 heavy (non-hydrogen) atoms. The molecule has 0 saturated carbocycles. The van der Waals surface area contributed by atoms with E-state index in [0.29, 0.717) is 5.69 Å².